The molecule has 0 bridgehead atoms. The van der Waals surface area contributed by atoms with Crippen LogP contribution in [0.1, 0.15) is 50.0 Å². The van der Waals surface area contributed by atoms with Crippen molar-refractivity contribution in [3.05, 3.63) is 35.4 Å². The third-order valence-electron chi connectivity index (χ3n) is 2.72. The summed E-state index contributed by atoms with van der Waals surface area (Å²) < 4.78 is 32.9. The summed E-state index contributed by atoms with van der Waals surface area (Å²) >= 11 is 0. The number of carbonyl (C=O) groups excluding carboxylic acids is 1. The van der Waals surface area contributed by atoms with Crippen molar-refractivity contribution in [1.29, 1.82) is 0 Å². The predicted molar refractivity (Wildman–Crippen MR) is 85.3 cm³/mol. The van der Waals surface area contributed by atoms with Crippen LogP contribution in [0.2, 0.25) is 0 Å². The Kier molecular flexibility index (Phi) is 6.56. The van der Waals surface area contributed by atoms with E-state index in [1.165, 1.54) is 0 Å². The lowest BCUT2D eigenvalue weighted by Gasteiger charge is -2.19. The van der Waals surface area contributed by atoms with Crippen molar-refractivity contribution < 1.29 is 22.1 Å². The second-order valence-corrected chi connectivity index (χ2v) is 7.73. The molecule has 0 aliphatic heterocycles. The van der Waals surface area contributed by atoms with Crippen molar-refractivity contribution in [2.24, 2.45) is 0 Å². The van der Waals surface area contributed by atoms with Crippen molar-refractivity contribution in [2.45, 2.75) is 46.1 Å². The normalized spacial score (nSPS) is 12.2. The maximum atomic E-state index is 12.0. The highest BCUT2D eigenvalue weighted by atomic mass is 32.2. The summed E-state index contributed by atoms with van der Waals surface area (Å²) in [5.41, 5.74) is 0.828. The Morgan fingerprint density at radius 3 is 2.50 bits per heavy atom. The van der Waals surface area contributed by atoms with Crippen LogP contribution in [-0.2, 0) is 25.5 Å². The first-order chi connectivity index (χ1) is 10.1. The number of rotatable bonds is 7. The number of aryl methyl sites for hydroxylation is 1. The smallest absolute Gasteiger partial charge is 0.338 e. The molecule has 1 aromatic carbocycles. The summed E-state index contributed by atoms with van der Waals surface area (Å²) in [5, 5.41) is 0. The molecule has 0 saturated carbocycles. The average Bonchev–Trinajstić information content (AvgIpc) is 2.36. The highest BCUT2D eigenvalue weighted by Crippen LogP contribution is 2.14. The van der Waals surface area contributed by atoms with Gasteiger partial charge in [0, 0.05) is 0 Å². The third kappa shape index (κ3) is 7.04. The monoisotopic (exact) mass is 328 g/mol. The number of carbonyl (C=O) groups is 1. The van der Waals surface area contributed by atoms with Gasteiger partial charge in [-0.2, -0.15) is 8.42 Å². The van der Waals surface area contributed by atoms with E-state index in [0.717, 1.165) is 5.56 Å². The van der Waals surface area contributed by atoms with Gasteiger partial charge in [0.15, 0.2) is 0 Å². The molecule has 5 nitrogen and oxygen atoms in total. The van der Waals surface area contributed by atoms with Gasteiger partial charge in [-0.25, -0.2) is 4.79 Å². The van der Waals surface area contributed by atoms with Gasteiger partial charge in [-0.3, -0.25) is 4.18 Å². The SMILES string of the molecule is CCOS(=O)(=O)CCCc1cccc(C(=O)OC(C)(C)C)c1. The van der Waals surface area contributed by atoms with E-state index in [9.17, 15) is 13.2 Å². The van der Waals surface area contributed by atoms with Gasteiger partial charge in [0.1, 0.15) is 5.60 Å². The van der Waals surface area contributed by atoms with E-state index < -0.39 is 15.7 Å². The molecule has 0 unspecified atom stereocenters. The molecular weight excluding hydrogens is 304 g/mol. The lowest BCUT2D eigenvalue weighted by Crippen LogP contribution is -2.23. The summed E-state index contributed by atoms with van der Waals surface area (Å²) in [6.45, 7) is 7.23. The molecule has 124 valence electrons. The van der Waals surface area contributed by atoms with Gasteiger partial charge in [-0.05, 0) is 58.2 Å². The molecule has 6 heteroatoms. The molecule has 0 atom stereocenters. The third-order valence-corrected chi connectivity index (χ3v) is 4.10. The van der Waals surface area contributed by atoms with Crippen LogP contribution in [0, 0.1) is 0 Å². The van der Waals surface area contributed by atoms with Gasteiger partial charge in [0.05, 0.1) is 17.9 Å². The first-order valence-electron chi connectivity index (χ1n) is 7.32. The summed E-state index contributed by atoms with van der Waals surface area (Å²) in [6.07, 6.45) is 1.00. The van der Waals surface area contributed by atoms with Gasteiger partial charge < -0.3 is 4.74 Å². The van der Waals surface area contributed by atoms with Gasteiger partial charge in [-0.1, -0.05) is 12.1 Å². The standard InChI is InChI=1S/C16H24O5S/c1-5-20-22(18,19)11-7-9-13-8-6-10-14(12-13)15(17)21-16(2,3)4/h6,8,10,12H,5,7,9,11H2,1-4H3. The Labute approximate surface area is 132 Å². The quantitative estimate of drug-likeness (QED) is 0.568. The van der Waals surface area contributed by atoms with Gasteiger partial charge >= 0.3 is 5.97 Å². The minimum absolute atomic E-state index is 0.0303. The lowest BCUT2D eigenvalue weighted by molar-refractivity contribution is 0.00693. The fourth-order valence-corrected chi connectivity index (χ4v) is 2.86. The van der Waals surface area contributed by atoms with Gasteiger partial charge in [-0.15, -0.1) is 0 Å². The maximum Gasteiger partial charge on any atom is 0.338 e. The molecule has 0 saturated heterocycles. The summed E-state index contributed by atoms with van der Waals surface area (Å²) in [4.78, 5) is 12.0. The molecule has 1 rings (SSSR count). The Morgan fingerprint density at radius 1 is 1.23 bits per heavy atom. The molecular formula is C16H24O5S. The molecule has 0 radical (unpaired) electrons. The lowest BCUT2D eigenvalue weighted by atomic mass is 10.1. The second kappa shape index (κ2) is 7.74. The largest absolute Gasteiger partial charge is 0.456 e. The van der Waals surface area contributed by atoms with Crippen LogP contribution in [0.5, 0.6) is 0 Å². The number of hydrogen-bond donors (Lipinski definition) is 0. The topological polar surface area (TPSA) is 69.7 Å². The van der Waals surface area contributed by atoms with E-state index in [4.69, 9.17) is 4.74 Å². The van der Waals surface area contributed by atoms with E-state index in [2.05, 4.69) is 4.18 Å². The van der Waals surface area contributed by atoms with Crippen molar-refractivity contribution in [3.8, 4) is 0 Å². The van der Waals surface area contributed by atoms with E-state index in [1.54, 1.807) is 25.1 Å². The van der Waals surface area contributed by atoms with Crippen LogP contribution in [0.4, 0.5) is 0 Å². The maximum absolute atomic E-state index is 12.0. The Hall–Kier alpha value is -1.40. The molecule has 0 aliphatic carbocycles. The van der Waals surface area contributed by atoms with Crippen LogP contribution in [0.3, 0.4) is 0 Å². The zero-order chi connectivity index (χ0) is 16.8. The van der Waals surface area contributed by atoms with Crippen LogP contribution < -0.4 is 0 Å². The fraction of sp³-hybridized carbons (Fsp3) is 0.562. The number of benzene rings is 1. The molecule has 22 heavy (non-hydrogen) atoms. The van der Waals surface area contributed by atoms with E-state index >= 15 is 0 Å². The second-order valence-electron chi connectivity index (χ2n) is 5.97. The first-order valence-corrected chi connectivity index (χ1v) is 8.90. The molecule has 0 N–H and O–H groups in total. The summed E-state index contributed by atoms with van der Waals surface area (Å²) in [6, 6.07) is 7.06. The van der Waals surface area contributed by atoms with Crippen molar-refractivity contribution in [3.63, 3.8) is 0 Å². The average molecular weight is 328 g/mol. The van der Waals surface area contributed by atoms with Crippen molar-refractivity contribution in [2.75, 3.05) is 12.4 Å². The molecule has 1 aromatic rings. The fourth-order valence-electron chi connectivity index (χ4n) is 1.88. The molecule has 0 fully saturated rings. The molecule has 0 aliphatic rings. The highest BCUT2D eigenvalue weighted by Gasteiger charge is 2.18. The summed E-state index contributed by atoms with van der Waals surface area (Å²) in [5.74, 6) is -0.409. The molecule has 0 aromatic heterocycles. The predicted octanol–water partition coefficient (Wildman–Crippen LogP) is 2.94. The van der Waals surface area contributed by atoms with Crippen LogP contribution in [0.15, 0.2) is 24.3 Å². The Morgan fingerprint density at radius 2 is 1.91 bits per heavy atom. The van der Waals surface area contributed by atoms with Gasteiger partial charge in [0.25, 0.3) is 10.1 Å². The van der Waals surface area contributed by atoms with E-state index in [1.807, 2.05) is 26.8 Å². The zero-order valence-electron chi connectivity index (χ0n) is 13.6. The number of ether oxygens (including phenoxy) is 1. The zero-order valence-corrected chi connectivity index (χ0v) is 14.4. The minimum atomic E-state index is -3.44. The van der Waals surface area contributed by atoms with Crippen LogP contribution >= 0.6 is 0 Å². The van der Waals surface area contributed by atoms with E-state index in [0.29, 0.717) is 18.4 Å². The Balaban J connectivity index is 2.63. The van der Waals surface area contributed by atoms with Crippen molar-refractivity contribution >= 4 is 16.1 Å². The van der Waals surface area contributed by atoms with Crippen LogP contribution in [0.25, 0.3) is 0 Å². The van der Waals surface area contributed by atoms with Gasteiger partial charge in [0.2, 0.25) is 0 Å². The summed E-state index contributed by atoms with van der Waals surface area (Å²) in [7, 11) is -3.44. The molecule has 0 spiro atoms. The Bertz CT molecular complexity index is 599. The van der Waals surface area contributed by atoms with Crippen molar-refractivity contribution in [1.82, 2.24) is 0 Å². The van der Waals surface area contributed by atoms with E-state index in [-0.39, 0.29) is 18.3 Å². The number of esters is 1. The first kappa shape index (κ1) is 18.6. The minimum Gasteiger partial charge on any atom is -0.456 e. The molecule has 0 amide bonds. The number of hydrogen-bond acceptors (Lipinski definition) is 5. The highest BCUT2D eigenvalue weighted by molar-refractivity contribution is 7.86. The van der Waals surface area contributed by atoms with Crippen LogP contribution in [-0.4, -0.2) is 32.3 Å². The molecule has 0 heterocycles.